The molecule has 1 aliphatic rings. The molecule has 3 rings (SSSR count). The number of carbonyl (C=O) groups excluding carboxylic acids is 2. The second-order valence-corrected chi connectivity index (χ2v) is 12.5. The van der Waals surface area contributed by atoms with E-state index in [1.54, 1.807) is 32.0 Å². The Morgan fingerprint density at radius 1 is 0.879 bits per heavy atom. The zero-order valence-corrected chi connectivity index (χ0v) is 21.8. The number of nitrogens with zero attached hydrogens (tertiary/aromatic N) is 1. The van der Waals surface area contributed by atoms with E-state index in [0.717, 1.165) is 22.5 Å². The third-order valence-electron chi connectivity index (χ3n) is 5.52. The summed E-state index contributed by atoms with van der Waals surface area (Å²) < 4.78 is 23.6. The van der Waals surface area contributed by atoms with Crippen LogP contribution in [0.15, 0.2) is 36.4 Å². The van der Waals surface area contributed by atoms with E-state index >= 15 is 0 Å². The van der Waals surface area contributed by atoms with E-state index in [1.807, 2.05) is 18.2 Å². The molecule has 0 radical (unpaired) electrons. The van der Waals surface area contributed by atoms with Crippen molar-refractivity contribution in [2.75, 3.05) is 18.1 Å². The summed E-state index contributed by atoms with van der Waals surface area (Å²) in [5, 5.41) is 0. The number of benzene rings is 2. The Kier molecular flexibility index (Phi) is 8.22. The Bertz CT molecular complexity index is 1060. The van der Waals surface area contributed by atoms with Crippen molar-refractivity contribution in [1.82, 2.24) is 0 Å². The van der Waals surface area contributed by atoms with Crippen LogP contribution in [0.5, 0.6) is 0 Å². The van der Waals surface area contributed by atoms with Crippen LogP contribution in [-0.4, -0.2) is 25.0 Å². The smallest absolute Gasteiger partial charge is 0.301 e. The van der Waals surface area contributed by atoms with Gasteiger partial charge < -0.3 is 9.05 Å². The summed E-state index contributed by atoms with van der Waals surface area (Å²) in [6.07, 6.45) is 0. The molecule has 8 heteroatoms. The van der Waals surface area contributed by atoms with Gasteiger partial charge in [0.2, 0.25) is 0 Å². The van der Waals surface area contributed by atoms with E-state index in [0.29, 0.717) is 22.4 Å². The van der Waals surface area contributed by atoms with E-state index in [9.17, 15) is 14.2 Å². The highest BCUT2D eigenvalue weighted by atomic mass is 32.7. The number of rotatable bonds is 10. The number of hydrogen-bond acceptors (Lipinski definition) is 6. The summed E-state index contributed by atoms with van der Waals surface area (Å²) >= 11 is 1.04. The van der Waals surface area contributed by atoms with Gasteiger partial charge in [-0.15, -0.1) is 0 Å². The maximum absolute atomic E-state index is 13.7. The fourth-order valence-electron chi connectivity index (χ4n) is 4.03. The largest absolute Gasteiger partial charge is 0.389 e. The average molecular weight is 490 g/mol. The normalized spacial score (nSPS) is 14.0. The van der Waals surface area contributed by atoms with Crippen LogP contribution >= 0.6 is 18.2 Å². The molecule has 0 bridgehead atoms. The van der Waals surface area contributed by atoms with Gasteiger partial charge in [-0.3, -0.25) is 9.59 Å². The molecular weight excluding hydrogens is 457 g/mol. The molecular formula is C25H32NO5PS. The molecule has 2 amide bonds. The lowest BCUT2D eigenvalue weighted by molar-refractivity contribution is 0.0925. The first-order chi connectivity index (χ1) is 15.6. The molecule has 0 fully saturated rings. The molecule has 0 aliphatic carbocycles. The lowest BCUT2D eigenvalue weighted by Crippen LogP contribution is -2.32. The van der Waals surface area contributed by atoms with Crippen LogP contribution < -0.4 is 4.90 Å². The topological polar surface area (TPSA) is 72.9 Å². The Morgan fingerprint density at radius 3 is 1.94 bits per heavy atom. The third-order valence-corrected chi connectivity index (χ3v) is 9.39. The van der Waals surface area contributed by atoms with Crippen molar-refractivity contribution in [3.63, 3.8) is 0 Å². The van der Waals surface area contributed by atoms with Crippen LogP contribution in [-0.2, 0) is 19.4 Å². The minimum atomic E-state index is -3.35. The lowest BCUT2D eigenvalue weighted by Gasteiger charge is -2.25. The molecule has 0 aromatic heterocycles. The van der Waals surface area contributed by atoms with Gasteiger partial charge in [0.25, 0.3) is 11.8 Å². The number of amides is 2. The Labute approximate surface area is 200 Å². The van der Waals surface area contributed by atoms with Gasteiger partial charge in [-0.1, -0.05) is 58.0 Å². The molecule has 178 valence electrons. The van der Waals surface area contributed by atoms with Crippen LogP contribution in [0, 0.1) is 0 Å². The van der Waals surface area contributed by atoms with Crippen molar-refractivity contribution >= 4 is 35.7 Å². The molecule has 0 spiro atoms. The predicted octanol–water partition coefficient (Wildman–Crippen LogP) is 7.15. The molecule has 0 atom stereocenters. The predicted molar refractivity (Wildman–Crippen MR) is 134 cm³/mol. The van der Waals surface area contributed by atoms with Crippen LogP contribution in [0.3, 0.4) is 0 Å². The van der Waals surface area contributed by atoms with Gasteiger partial charge in [-0.25, -0.2) is 9.46 Å². The van der Waals surface area contributed by atoms with E-state index in [1.165, 1.54) is 4.90 Å². The quantitative estimate of drug-likeness (QED) is 0.261. The number of hydrogen-bond donors (Lipinski definition) is 0. The highest BCUT2D eigenvalue weighted by Crippen LogP contribution is 2.61. The van der Waals surface area contributed by atoms with E-state index in [-0.39, 0.29) is 42.6 Å². The number of para-hydroxylation sites is 1. The number of imide groups is 1. The van der Waals surface area contributed by atoms with Crippen LogP contribution in [0.4, 0.5) is 5.69 Å². The summed E-state index contributed by atoms with van der Waals surface area (Å²) in [7, 11) is 0. The Morgan fingerprint density at radius 2 is 1.42 bits per heavy atom. The van der Waals surface area contributed by atoms with Crippen molar-refractivity contribution in [2.24, 2.45) is 0 Å². The Balaban J connectivity index is 2.05. The summed E-state index contributed by atoms with van der Waals surface area (Å²) in [4.78, 5) is 28.6. The molecule has 2 aromatic rings. The fourth-order valence-corrected chi connectivity index (χ4v) is 7.39. The molecule has 1 aliphatic heterocycles. The summed E-state index contributed by atoms with van der Waals surface area (Å²) in [6.45, 7) is 8.90. The highest BCUT2D eigenvalue weighted by molar-refractivity contribution is 8.54. The third kappa shape index (κ3) is 5.12. The van der Waals surface area contributed by atoms with Gasteiger partial charge in [-0.2, -0.15) is 0 Å². The minimum absolute atomic E-state index is 0.140. The van der Waals surface area contributed by atoms with Gasteiger partial charge in [0.1, 0.15) is 0 Å². The number of anilines is 1. The van der Waals surface area contributed by atoms with Gasteiger partial charge >= 0.3 is 6.80 Å². The van der Waals surface area contributed by atoms with E-state index in [4.69, 9.17) is 9.05 Å². The number of carbonyl (C=O) groups is 2. The monoisotopic (exact) mass is 489 g/mol. The first kappa shape index (κ1) is 25.7. The van der Waals surface area contributed by atoms with Crippen LogP contribution in [0.25, 0.3) is 0 Å². The van der Waals surface area contributed by atoms with Crippen LogP contribution in [0.2, 0.25) is 0 Å². The second-order valence-electron chi connectivity index (χ2n) is 8.44. The van der Waals surface area contributed by atoms with E-state index in [2.05, 4.69) is 27.7 Å². The maximum Gasteiger partial charge on any atom is 0.389 e. The zero-order chi connectivity index (χ0) is 24.3. The highest BCUT2D eigenvalue weighted by Gasteiger charge is 2.41. The van der Waals surface area contributed by atoms with Crippen LogP contribution in [0.1, 0.15) is 90.8 Å². The molecule has 0 saturated carbocycles. The lowest BCUT2D eigenvalue weighted by atomic mass is 9.92. The first-order valence-electron chi connectivity index (χ1n) is 11.3. The maximum atomic E-state index is 13.7. The minimum Gasteiger partial charge on any atom is -0.301 e. The van der Waals surface area contributed by atoms with Gasteiger partial charge in [0.05, 0.1) is 30.0 Å². The molecule has 2 aromatic carbocycles. The summed E-state index contributed by atoms with van der Waals surface area (Å²) in [5.74, 6) is -0.156. The molecule has 0 unspecified atom stereocenters. The van der Waals surface area contributed by atoms with E-state index < -0.39 is 6.80 Å². The van der Waals surface area contributed by atoms with Crippen molar-refractivity contribution in [3.8, 4) is 0 Å². The van der Waals surface area contributed by atoms with Gasteiger partial charge in [0.15, 0.2) is 0 Å². The zero-order valence-electron chi connectivity index (χ0n) is 20.1. The number of fused-ring (bicyclic) bond motifs is 1. The average Bonchev–Trinajstić information content (AvgIpc) is 3.02. The van der Waals surface area contributed by atoms with Crippen molar-refractivity contribution in [1.29, 1.82) is 0 Å². The fraction of sp³-hybridized carbons (Fsp3) is 0.440. The summed E-state index contributed by atoms with van der Waals surface area (Å²) in [6, 6.07) is 11.2. The Hall–Kier alpha value is -1.92. The molecule has 1 heterocycles. The summed E-state index contributed by atoms with van der Waals surface area (Å²) in [5.41, 5.74) is 3.98. The van der Waals surface area contributed by atoms with Gasteiger partial charge in [0, 0.05) is 5.75 Å². The first-order valence-corrected chi connectivity index (χ1v) is 14.5. The van der Waals surface area contributed by atoms with Crippen molar-refractivity contribution in [2.45, 2.75) is 59.1 Å². The van der Waals surface area contributed by atoms with Crippen molar-refractivity contribution < 1.29 is 23.2 Å². The SMILES string of the molecule is CCOP(=O)(OCC)SCc1cccc2c1C(=O)N(c1c(C(C)C)cccc1C(C)C)C2=O. The molecule has 6 nitrogen and oxygen atoms in total. The second kappa shape index (κ2) is 10.6. The standard InChI is InChI=1S/C25H32NO5PS/c1-7-30-32(29,31-8-2)33-15-18-11-9-14-21-22(18)25(28)26(24(21)27)23-19(16(3)4)12-10-13-20(23)17(5)6/h9-14,16-17H,7-8,15H2,1-6H3. The molecule has 0 saturated heterocycles. The molecule has 0 N–H and O–H groups in total. The van der Waals surface area contributed by atoms with Gasteiger partial charge in [-0.05, 0) is 59.8 Å². The van der Waals surface area contributed by atoms with Crippen molar-refractivity contribution in [3.05, 3.63) is 64.2 Å². The molecule has 33 heavy (non-hydrogen) atoms.